The highest BCUT2D eigenvalue weighted by Crippen LogP contribution is 2.47. The molecule has 0 amide bonds. The van der Waals surface area contributed by atoms with E-state index in [0.717, 1.165) is 127 Å². The van der Waals surface area contributed by atoms with Crippen LogP contribution in [0.15, 0.2) is 324 Å². The van der Waals surface area contributed by atoms with Crippen LogP contribution in [0.3, 0.4) is 0 Å². The van der Waals surface area contributed by atoms with Crippen molar-refractivity contribution in [3.63, 3.8) is 0 Å². The summed E-state index contributed by atoms with van der Waals surface area (Å²) < 4.78 is 13.5. The number of aromatic nitrogens is 6. The van der Waals surface area contributed by atoms with Gasteiger partial charge in [0.15, 0.2) is 34.9 Å². The zero-order valence-corrected chi connectivity index (χ0v) is 52.5. The summed E-state index contributed by atoms with van der Waals surface area (Å²) in [5.74, 6) is 3.43. The largest absolute Gasteiger partial charge is 0.456 e. The second-order valence-corrected chi connectivity index (χ2v) is 25.2. The first-order valence-electron chi connectivity index (χ1n) is 33.0. The smallest absolute Gasteiger partial charge is 0.164 e. The van der Waals surface area contributed by atoms with E-state index in [-0.39, 0.29) is 0 Å². The van der Waals surface area contributed by atoms with Gasteiger partial charge in [-0.05, 0) is 147 Å². The van der Waals surface area contributed by atoms with Crippen molar-refractivity contribution >= 4 is 109 Å². The third-order valence-electron chi connectivity index (χ3n) is 19.5. The number of furan rings is 2. The van der Waals surface area contributed by atoms with Crippen molar-refractivity contribution in [1.82, 2.24) is 29.9 Å². The van der Waals surface area contributed by atoms with Crippen LogP contribution < -0.4 is 0 Å². The summed E-state index contributed by atoms with van der Waals surface area (Å²) in [5.41, 5.74) is 14.7. The molecule has 0 aliphatic carbocycles. The van der Waals surface area contributed by atoms with Crippen LogP contribution in [0.2, 0.25) is 0 Å². The Kier molecular flexibility index (Phi) is 12.5. The summed E-state index contributed by atoms with van der Waals surface area (Å²) in [6.45, 7) is 0. The van der Waals surface area contributed by atoms with Crippen molar-refractivity contribution < 1.29 is 8.83 Å². The molecule has 4 aromatic heterocycles. The second-order valence-electron chi connectivity index (χ2n) is 25.2. The van der Waals surface area contributed by atoms with Gasteiger partial charge in [-0.15, -0.1) is 0 Å². The van der Waals surface area contributed by atoms with Gasteiger partial charge in [0.05, 0.1) is 0 Å². The predicted molar refractivity (Wildman–Crippen MR) is 402 cm³/mol. The van der Waals surface area contributed by atoms with Gasteiger partial charge in [-0.1, -0.05) is 267 Å². The minimum Gasteiger partial charge on any atom is -0.456 e. The lowest BCUT2D eigenvalue weighted by molar-refractivity contribution is 0.668. The van der Waals surface area contributed by atoms with E-state index < -0.39 is 0 Å². The van der Waals surface area contributed by atoms with Crippen LogP contribution in [-0.2, 0) is 0 Å². The molecule has 0 saturated carbocycles. The molecule has 8 nitrogen and oxygen atoms in total. The Morgan fingerprint density at radius 2 is 0.633 bits per heavy atom. The Morgan fingerprint density at radius 3 is 1.35 bits per heavy atom. The minimum absolute atomic E-state index is 0.554. The maximum absolute atomic E-state index is 6.84. The molecule has 0 spiro atoms. The van der Waals surface area contributed by atoms with E-state index in [1.165, 1.54) is 48.5 Å². The molecule has 20 rings (SSSR count). The first-order valence-corrected chi connectivity index (χ1v) is 33.0. The van der Waals surface area contributed by atoms with E-state index in [4.69, 9.17) is 38.7 Å². The lowest BCUT2D eigenvalue weighted by atomic mass is 9.88. The highest BCUT2D eigenvalue weighted by atomic mass is 16.3. The molecule has 0 radical (unpaired) electrons. The Hall–Kier alpha value is -13.3. The fourth-order valence-corrected chi connectivity index (χ4v) is 14.9. The number of rotatable bonds is 9. The molecule has 20 aromatic rings. The van der Waals surface area contributed by atoms with Gasteiger partial charge in [0.1, 0.15) is 22.3 Å². The Morgan fingerprint density at radius 1 is 0.163 bits per heavy atom. The number of hydrogen-bond donors (Lipinski definition) is 0. The van der Waals surface area contributed by atoms with Crippen molar-refractivity contribution in [1.29, 1.82) is 0 Å². The normalized spacial score (nSPS) is 11.9. The van der Waals surface area contributed by atoms with Crippen LogP contribution in [-0.4, -0.2) is 29.9 Å². The highest BCUT2D eigenvalue weighted by Gasteiger charge is 2.24. The van der Waals surface area contributed by atoms with Crippen molar-refractivity contribution in [3.05, 3.63) is 315 Å². The second kappa shape index (κ2) is 22.2. The highest BCUT2D eigenvalue weighted by molar-refractivity contribution is 6.26. The molecule has 0 saturated heterocycles. The van der Waals surface area contributed by atoms with Crippen LogP contribution in [0.4, 0.5) is 0 Å². The molecule has 0 fully saturated rings. The Labute approximate surface area is 561 Å². The SMILES string of the molecule is c1ccc(-c2nc(-c3ccccc3)nc(-c3cc(-c4cc5cc(-c6ccc(-c7nc(-c8ccccc8)nc(-c8cccc9oc%10ccc(-c%11cccc%12ccc%13c%14ccccc%14ccc%13c%11%12)cc%10c89)n7)cc6)ccc5c5c4ccc4ccccc45)cc4oc5ccccc5c34)n2)cc1. The number of hydrogen-bond acceptors (Lipinski definition) is 8. The molecule has 0 bridgehead atoms. The molecule has 454 valence electrons. The lowest BCUT2D eigenvalue weighted by Crippen LogP contribution is -2.00. The standard InChI is InChI=1S/C90H52N6O2/c1-4-20-57(21-5-1)85-92-88(94-89(93-85)73-31-17-33-79-84(73)75-49-62(42-47-78(75)97-79)67-30-16-26-56-40-44-69-65-27-12-10-18-54(65)38-45-70(69)81(56)67)60-36-34-53(35-37-60)61-41-43-68-63(48-61)50-74(71-46-39-55-19-11-13-28-66(55)82(68)71)64-51-76(83-72-29-14-15-32-77(72)98-80(83)52-64)90-95-86(58-22-6-2-7-23-58)91-87(96-90)59-24-8-3-9-25-59/h1-52H. The fraction of sp³-hybridized carbons (Fsp3) is 0. The van der Waals surface area contributed by atoms with Crippen LogP contribution in [0.5, 0.6) is 0 Å². The molecule has 16 aromatic carbocycles. The molecule has 98 heavy (non-hydrogen) atoms. The number of nitrogens with zero attached hydrogens (tertiary/aromatic N) is 6. The molecule has 0 N–H and O–H groups in total. The van der Waals surface area contributed by atoms with Gasteiger partial charge in [0.2, 0.25) is 0 Å². The Balaban J connectivity index is 0.718. The lowest BCUT2D eigenvalue weighted by Gasteiger charge is -2.16. The van der Waals surface area contributed by atoms with Gasteiger partial charge in [-0.3, -0.25) is 0 Å². The van der Waals surface area contributed by atoms with E-state index in [0.29, 0.717) is 34.9 Å². The van der Waals surface area contributed by atoms with Gasteiger partial charge >= 0.3 is 0 Å². The predicted octanol–water partition coefficient (Wildman–Crippen LogP) is 23.8. The first kappa shape index (κ1) is 55.2. The summed E-state index contributed by atoms with van der Waals surface area (Å²) in [4.78, 5) is 31.5. The van der Waals surface area contributed by atoms with Crippen LogP contribution in [0, 0.1) is 0 Å². The molecular formula is C90H52N6O2. The van der Waals surface area contributed by atoms with Gasteiger partial charge in [0, 0.05) is 54.9 Å². The molecule has 0 aliphatic rings. The first-order chi connectivity index (χ1) is 48.5. The van der Waals surface area contributed by atoms with Crippen molar-refractivity contribution in [2.75, 3.05) is 0 Å². The molecular weight excluding hydrogens is 1200 g/mol. The summed E-state index contributed by atoms with van der Waals surface area (Å²) in [6, 6.07) is 111. The van der Waals surface area contributed by atoms with Gasteiger partial charge in [-0.25, -0.2) is 29.9 Å². The van der Waals surface area contributed by atoms with Crippen LogP contribution in [0.25, 0.3) is 210 Å². The summed E-state index contributed by atoms with van der Waals surface area (Å²) in [5, 5.41) is 18.1. The molecule has 0 unspecified atom stereocenters. The summed E-state index contributed by atoms with van der Waals surface area (Å²) >= 11 is 0. The van der Waals surface area contributed by atoms with Crippen molar-refractivity contribution in [2.45, 2.75) is 0 Å². The third-order valence-corrected chi connectivity index (χ3v) is 19.5. The zero-order chi connectivity index (χ0) is 64.4. The average Bonchev–Trinajstić information content (AvgIpc) is 1.36. The fourth-order valence-electron chi connectivity index (χ4n) is 14.9. The quantitative estimate of drug-likeness (QED) is 0.132. The van der Waals surface area contributed by atoms with Gasteiger partial charge in [-0.2, -0.15) is 0 Å². The molecule has 8 heteroatoms. The minimum atomic E-state index is 0.554. The summed E-state index contributed by atoms with van der Waals surface area (Å²) in [7, 11) is 0. The summed E-state index contributed by atoms with van der Waals surface area (Å²) in [6.07, 6.45) is 0. The van der Waals surface area contributed by atoms with Gasteiger partial charge in [0.25, 0.3) is 0 Å². The van der Waals surface area contributed by atoms with E-state index >= 15 is 0 Å². The monoisotopic (exact) mass is 1250 g/mol. The maximum Gasteiger partial charge on any atom is 0.164 e. The topological polar surface area (TPSA) is 104 Å². The number of para-hydroxylation sites is 1. The third kappa shape index (κ3) is 9.07. The van der Waals surface area contributed by atoms with Crippen molar-refractivity contribution in [2.24, 2.45) is 0 Å². The van der Waals surface area contributed by atoms with E-state index in [1.54, 1.807) is 0 Å². The zero-order valence-electron chi connectivity index (χ0n) is 52.5. The average molecular weight is 1250 g/mol. The van der Waals surface area contributed by atoms with Gasteiger partial charge < -0.3 is 8.83 Å². The maximum atomic E-state index is 6.84. The van der Waals surface area contributed by atoms with Crippen LogP contribution in [0.1, 0.15) is 0 Å². The molecule has 0 atom stereocenters. The van der Waals surface area contributed by atoms with Crippen LogP contribution >= 0.6 is 0 Å². The Bertz CT molecular complexity index is 6610. The van der Waals surface area contributed by atoms with E-state index in [1.807, 2.05) is 103 Å². The number of fused-ring (bicyclic) bond motifs is 16. The molecule has 0 aliphatic heterocycles. The number of benzene rings is 16. The van der Waals surface area contributed by atoms with E-state index in [2.05, 4.69) is 212 Å². The molecule has 4 heterocycles. The van der Waals surface area contributed by atoms with E-state index in [9.17, 15) is 0 Å². The van der Waals surface area contributed by atoms with Crippen molar-refractivity contribution in [3.8, 4) is 102 Å².